The van der Waals surface area contributed by atoms with E-state index in [0.29, 0.717) is 44.9 Å². The number of carboxylic acids is 1. The first-order valence-corrected chi connectivity index (χ1v) is 9.06. The number of carbonyl (C=O) groups excluding carboxylic acids is 1. The van der Waals surface area contributed by atoms with Gasteiger partial charge in [-0.3, -0.25) is 9.59 Å². The van der Waals surface area contributed by atoms with Crippen molar-refractivity contribution in [3.05, 3.63) is 35.5 Å². The highest BCUT2D eigenvalue weighted by Gasteiger charge is 2.20. The van der Waals surface area contributed by atoms with Gasteiger partial charge in [-0.15, -0.1) is 0 Å². The molecule has 1 aliphatic carbocycles. The molecule has 0 aromatic heterocycles. The third-order valence-corrected chi connectivity index (χ3v) is 4.24. The Balaban J connectivity index is 2.48. The lowest BCUT2D eigenvalue weighted by Gasteiger charge is -2.07. The van der Waals surface area contributed by atoms with Crippen molar-refractivity contribution in [2.45, 2.75) is 76.9 Å². The Morgan fingerprint density at radius 1 is 1.16 bits per heavy atom. The van der Waals surface area contributed by atoms with Crippen LogP contribution in [-0.4, -0.2) is 39.3 Å². The molecule has 0 spiro atoms. The van der Waals surface area contributed by atoms with Gasteiger partial charge in [-0.25, -0.2) is 0 Å². The van der Waals surface area contributed by atoms with E-state index in [9.17, 15) is 19.8 Å². The van der Waals surface area contributed by atoms with Crippen molar-refractivity contribution in [1.82, 2.24) is 0 Å². The fraction of sp³-hybridized carbons (Fsp3) is 0.600. The van der Waals surface area contributed by atoms with Crippen molar-refractivity contribution in [2.24, 2.45) is 0 Å². The summed E-state index contributed by atoms with van der Waals surface area (Å²) in [5.41, 5.74) is 1.77. The van der Waals surface area contributed by atoms with Gasteiger partial charge >= 0.3 is 5.97 Å². The maximum Gasteiger partial charge on any atom is 0.303 e. The number of aliphatic hydroxyl groups is 2. The predicted octanol–water partition coefficient (Wildman–Crippen LogP) is 3.32. The van der Waals surface area contributed by atoms with E-state index in [1.165, 1.54) is 0 Å². The smallest absolute Gasteiger partial charge is 0.303 e. The highest BCUT2D eigenvalue weighted by atomic mass is 16.4. The summed E-state index contributed by atoms with van der Waals surface area (Å²) < 4.78 is 0. The van der Waals surface area contributed by atoms with E-state index in [1.807, 2.05) is 18.2 Å². The first kappa shape index (κ1) is 21.3. The second-order valence-electron chi connectivity index (χ2n) is 6.59. The molecule has 0 saturated carbocycles. The number of hydrogen-bond donors (Lipinski definition) is 3. The van der Waals surface area contributed by atoms with Gasteiger partial charge in [0.25, 0.3) is 0 Å². The molecule has 25 heavy (non-hydrogen) atoms. The molecule has 140 valence electrons. The first-order chi connectivity index (χ1) is 11.9. The van der Waals surface area contributed by atoms with E-state index in [1.54, 1.807) is 13.0 Å². The molecule has 0 saturated heterocycles. The molecule has 5 nitrogen and oxygen atoms in total. The minimum Gasteiger partial charge on any atom is -0.481 e. The van der Waals surface area contributed by atoms with Gasteiger partial charge in [-0.2, -0.15) is 0 Å². The first-order valence-electron chi connectivity index (χ1n) is 9.06. The number of unbranched alkanes of at least 4 members (excludes halogenated alkanes) is 1. The monoisotopic (exact) mass is 350 g/mol. The Morgan fingerprint density at radius 2 is 1.92 bits per heavy atom. The van der Waals surface area contributed by atoms with Crippen molar-refractivity contribution in [2.75, 3.05) is 0 Å². The molecule has 0 aliphatic heterocycles. The SMILES string of the molecule is C[C@@H](O)CCC[C@H](O)C=CC1=C(CC=CCCCC(=O)O)C(=O)CC1. The lowest BCUT2D eigenvalue weighted by Crippen LogP contribution is -2.05. The van der Waals surface area contributed by atoms with E-state index in [0.717, 1.165) is 17.6 Å². The van der Waals surface area contributed by atoms with Crippen molar-refractivity contribution >= 4 is 11.8 Å². The van der Waals surface area contributed by atoms with Crippen LogP contribution in [0.1, 0.15) is 64.7 Å². The summed E-state index contributed by atoms with van der Waals surface area (Å²) in [5, 5.41) is 27.8. The number of hydrogen-bond acceptors (Lipinski definition) is 4. The molecule has 0 unspecified atom stereocenters. The van der Waals surface area contributed by atoms with Crippen molar-refractivity contribution in [3.63, 3.8) is 0 Å². The predicted molar refractivity (Wildman–Crippen MR) is 97.2 cm³/mol. The van der Waals surface area contributed by atoms with Crippen LogP contribution in [0.5, 0.6) is 0 Å². The number of carboxylic acid groups (broad SMARTS) is 1. The summed E-state index contributed by atoms with van der Waals surface area (Å²) in [6.45, 7) is 1.73. The lowest BCUT2D eigenvalue weighted by atomic mass is 10.0. The summed E-state index contributed by atoms with van der Waals surface area (Å²) >= 11 is 0. The van der Waals surface area contributed by atoms with Crippen LogP contribution in [0.25, 0.3) is 0 Å². The quantitative estimate of drug-likeness (QED) is 0.371. The normalized spacial score (nSPS) is 17.8. The summed E-state index contributed by atoms with van der Waals surface area (Å²) in [6.07, 6.45) is 11.8. The summed E-state index contributed by atoms with van der Waals surface area (Å²) in [5.74, 6) is -0.639. The molecule has 1 aliphatic rings. The van der Waals surface area contributed by atoms with Gasteiger partial charge in [-0.05, 0) is 57.4 Å². The molecule has 0 radical (unpaired) electrons. The van der Waals surface area contributed by atoms with Crippen LogP contribution >= 0.6 is 0 Å². The van der Waals surface area contributed by atoms with Crippen LogP contribution in [0, 0.1) is 0 Å². The Hall–Kier alpha value is -1.72. The molecule has 0 amide bonds. The van der Waals surface area contributed by atoms with Gasteiger partial charge in [-0.1, -0.05) is 24.3 Å². The number of ketones is 1. The molecule has 1 rings (SSSR count). The van der Waals surface area contributed by atoms with Crippen molar-refractivity contribution < 1.29 is 24.9 Å². The van der Waals surface area contributed by atoms with Gasteiger partial charge in [0, 0.05) is 18.4 Å². The van der Waals surface area contributed by atoms with Crippen molar-refractivity contribution in [1.29, 1.82) is 0 Å². The topological polar surface area (TPSA) is 94.8 Å². The van der Waals surface area contributed by atoms with Gasteiger partial charge in [0.2, 0.25) is 0 Å². The van der Waals surface area contributed by atoms with Gasteiger partial charge < -0.3 is 15.3 Å². The van der Waals surface area contributed by atoms with E-state index in [2.05, 4.69) is 0 Å². The van der Waals surface area contributed by atoms with Crippen LogP contribution in [0.3, 0.4) is 0 Å². The molecule has 3 N–H and O–H groups in total. The fourth-order valence-corrected chi connectivity index (χ4v) is 2.79. The molecule has 0 aromatic carbocycles. The number of aliphatic carboxylic acids is 1. The second kappa shape index (κ2) is 11.8. The zero-order valence-electron chi connectivity index (χ0n) is 15.0. The zero-order valence-corrected chi connectivity index (χ0v) is 15.0. The summed E-state index contributed by atoms with van der Waals surface area (Å²) in [4.78, 5) is 22.4. The van der Waals surface area contributed by atoms with Crippen LogP contribution in [-0.2, 0) is 9.59 Å². The molecule has 2 atom stereocenters. The fourth-order valence-electron chi connectivity index (χ4n) is 2.79. The van der Waals surface area contributed by atoms with E-state index < -0.39 is 12.1 Å². The van der Waals surface area contributed by atoms with Crippen LogP contribution in [0.15, 0.2) is 35.5 Å². The minimum absolute atomic E-state index is 0.151. The van der Waals surface area contributed by atoms with Crippen LogP contribution < -0.4 is 0 Å². The largest absolute Gasteiger partial charge is 0.481 e. The van der Waals surface area contributed by atoms with E-state index >= 15 is 0 Å². The van der Waals surface area contributed by atoms with Crippen LogP contribution in [0.4, 0.5) is 0 Å². The molecule has 0 heterocycles. The average Bonchev–Trinajstić information content (AvgIpc) is 2.88. The number of Topliss-reactive ketones (excluding diaryl/α,β-unsaturated/α-hetero) is 1. The third-order valence-electron chi connectivity index (χ3n) is 4.24. The number of aliphatic hydroxyl groups excluding tert-OH is 2. The average molecular weight is 350 g/mol. The standard InChI is InChI=1S/C20H30O5/c1-15(21)7-6-8-17(22)13-11-16-12-14-19(23)18(16)9-4-2-3-5-10-20(24)25/h2,4,11,13,15,17,21-22H,3,5-10,12,14H2,1H3,(H,24,25)/t15-,17+/m1/s1. The maximum absolute atomic E-state index is 12.0. The number of allylic oxidation sites excluding steroid dienone is 5. The zero-order chi connectivity index (χ0) is 18.7. The highest BCUT2D eigenvalue weighted by molar-refractivity contribution is 5.99. The second-order valence-corrected chi connectivity index (χ2v) is 6.59. The van der Waals surface area contributed by atoms with Gasteiger partial charge in [0.15, 0.2) is 5.78 Å². The minimum atomic E-state index is -0.790. The Kier molecular flexibility index (Phi) is 10.0. The Bertz CT molecular complexity index is 528. The van der Waals surface area contributed by atoms with Gasteiger partial charge in [0.05, 0.1) is 12.2 Å². The number of rotatable bonds is 12. The Labute approximate surface area is 149 Å². The maximum atomic E-state index is 12.0. The van der Waals surface area contributed by atoms with Gasteiger partial charge in [0.1, 0.15) is 0 Å². The molecule has 0 bridgehead atoms. The summed E-state index contributed by atoms with van der Waals surface area (Å²) in [6, 6.07) is 0. The van der Waals surface area contributed by atoms with E-state index in [4.69, 9.17) is 5.11 Å². The van der Waals surface area contributed by atoms with Crippen molar-refractivity contribution in [3.8, 4) is 0 Å². The lowest BCUT2D eigenvalue weighted by molar-refractivity contribution is -0.137. The molecule has 5 heteroatoms. The highest BCUT2D eigenvalue weighted by Crippen LogP contribution is 2.27. The summed E-state index contributed by atoms with van der Waals surface area (Å²) in [7, 11) is 0. The van der Waals surface area contributed by atoms with E-state index in [-0.39, 0.29) is 18.3 Å². The number of carbonyl (C=O) groups is 2. The molecular weight excluding hydrogens is 320 g/mol. The third kappa shape index (κ3) is 9.37. The molecule has 0 aromatic rings. The van der Waals surface area contributed by atoms with Crippen LogP contribution in [0.2, 0.25) is 0 Å². The molecule has 0 fully saturated rings. The Morgan fingerprint density at radius 3 is 2.60 bits per heavy atom. The molecular formula is C20H30O5.